The van der Waals surface area contributed by atoms with E-state index in [-0.39, 0.29) is 21.1 Å². The Morgan fingerprint density at radius 3 is 1.30 bits per heavy atom. The maximum atomic E-state index is 6.66. The molecule has 0 spiro atoms. The Morgan fingerprint density at radius 1 is 0.567 bits per heavy atom. The van der Waals surface area contributed by atoms with Crippen LogP contribution in [0.25, 0.3) is 4.85 Å². The summed E-state index contributed by atoms with van der Waals surface area (Å²) in [5.74, 6) is 0. The summed E-state index contributed by atoms with van der Waals surface area (Å²) in [5.41, 5.74) is 0.397. The Bertz CT molecular complexity index is 991. The van der Waals surface area contributed by atoms with Gasteiger partial charge < -0.3 is 0 Å². The van der Waals surface area contributed by atoms with Crippen LogP contribution in [0.5, 0.6) is 0 Å². The molecule has 0 fully saturated rings. The fourth-order valence-electron chi connectivity index (χ4n) is 2.76. The Hall–Kier alpha value is -1.93. The predicted molar refractivity (Wildman–Crippen MR) is 128 cm³/mol. The van der Waals surface area contributed by atoms with E-state index in [0.29, 0.717) is 15.7 Å². The van der Waals surface area contributed by atoms with Crippen molar-refractivity contribution in [1.29, 1.82) is 0 Å². The van der Waals surface area contributed by atoms with E-state index >= 15 is 0 Å². The molecule has 0 unspecified atom stereocenters. The van der Waals surface area contributed by atoms with Crippen molar-refractivity contribution in [3.05, 3.63) is 131 Å². The van der Waals surface area contributed by atoms with E-state index in [1.165, 1.54) is 15.9 Å². The van der Waals surface area contributed by atoms with Gasteiger partial charge in [0.1, 0.15) is 0 Å². The van der Waals surface area contributed by atoms with Crippen LogP contribution < -0.4 is 15.9 Å². The van der Waals surface area contributed by atoms with Gasteiger partial charge in [-0.1, -0.05) is 126 Å². The van der Waals surface area contributed by atoms with E-state index in [0.717, 1.165) is 0 Å². The molecule has 5 heteroatoms. The van der Waals surface area contributed by atoms with Crippen LogP contribution in [0.2, 0.25) is 10.0 Å². The first kappa shape index (κ1) is 24.3. The summed E-state index contributed by atoms with van der Waals surface area (Å²) >= 11 is 11.3. The molecule has 0 saturated carbocycles. The summed E-state index contributed by atoms with van der Waals surface area (Å²) in [4.78, 5) is 3.16. The second-order valence-corrected chi connectivity index (χ2v) is 9.03. The molecule has 0 radical (unpaired) electrons. The molecule has 0 aliphatic rings. The van der Waals surface area contributed by atoms with Gasteiger partial charge in [0.05, 0.1) is 11.6 Å². The zero-order chi connectivity index (χ0) is 20.5. The van der Waals surface area contributed by atoms with Gasteiger partial charge >= 0.3 is 0 Å². The molecule has 0 N–H and O–H groups in total. The summed E-state index contributed by atoms with van der Waals surface area (Å²) in [6, 6.07) is 37.3. The molecule has 30 heavy (non-hydrogen) atoms. The smallest absolute Gasteiger partial charge is 0.206 e. The van der Waals surface area contributed by atoms with Crippen molar-refractivity contribution in [3.8, 4) is 0 Å². The molecule has 1 nitrogen and oxygen atoms in total. The number of benzene rings is 4. The third-order valence-electron chi connectivity index (χ3n) is 4.09. The number of hydrogen-bond donors (Lipinski definition) is 0. The molecule has 0 aliphatic carbocycles. The molecule has 0 aromatic heterocycles. The van der Waals surface area contributed by atoms with E-state index in [1.54, 1.807) is 18.2 Å². The molecular weight excluding hydrogens is 611 g/mol. The number of nitrogens with zero attached hydrogens (tertiary/aromatic N) is 1. The Balaban J connectivity index is 0.000000249. The molecule has 0 heterocycles. The molecule has 0 aliphatic heterocycles. The van der Waals surface area contributed by atoms with Gasteiger partial charge in [0, 0.05) is 26.1 Å². The van der Waals surface area contributed by atoms with Crippen LogP contribution in [0.4, 0.5) is 5.69 Å². The Morgan fingerprint density at radius 2 is 0.967 bits per heavy atom. The molecule has 4 aromatic rings. The van der Waals surface area contributed by atoms with E-state index in [4.69, 9.17) is 29.8 Å². The van der Waals surface area contributed by atoms with E-state index in [1.807, 2.05) is 0 Å². The number of rotatable bonds is 3. The largest absolute Gasteiger partial charge is 0.237 e. The third-order valence-corrected chi connectivity index (χ3v) is 7.35. The van der Waals surface area contributed by atoms with Crippen LogP contribution in [0.15, 0.2) is 109 Å². The average Bonchev–Trinajstić information content (AvgIpc) is 2.79. The fraction of sp³-hybridized carbons (Fsp3) is 0. The minimum atomic E-state index is -0.446. The van der Waals surface area contributed by atoms with E-state index in [9.17, 15) is 0 Å². The fourth-order valence-corrected chi connectivity index (χ4v) is 5.40. The molecule has 0 saturated heterocycles. The normalized spacial score (nSPS) is 9.67. The number of hydrogen-bond acceptors (Lipinski definition) is 0. The van der Waals surface area contributed by atoms with Crippen LogP contribution >= 0.6 is 31.1 Å². The topological polar surface area (TPSA) is 4.36 Å². The van der Waals surface area contributed by atoms with Crippen LogP contribution in [-0.4, -0.2) is 0 Å². The first-order chi connectivity index (χ1) is 14.2. The molecule has 4 aromatic carbocycles. The second kappa shape index (κ2) is 12.7. The minimum absolute atomic E-state index is 0. The van der Waals surface area contributed by atoms with E-state index < -0.39 is 7.92 Å². The zero-order valence-electron chi connectivity index (χ0n) is 15.9. The first-order valence-corrected chi connectivity index (χ1v) is 11.1. The van der Waals surface area contributed by atoms with Crippen molar-refractivity contribution in [2.75, 3.05) is 0 Å². The van der Waals surface area contributed by atoms with Crippen molar-refractivity contribution < 1.29 is 21.1 Å². The minimum Gasteiger partial charge on any atom is -0.237 e. The van der Waals surface area contributed by atoms with Gasteiger partial charge in [-0.2, -0.15) is 0 Å². The van der Waals surface area contributed by atoms with Crippen LogP contribution in [0, 0.1) is 6.57 Å². The van der Waals surface area contributed by atoms with Crippen molar-refractivity contribution in [2.24, 2.45) is 0 Å². The summed E-state index contributed by atoms with van der Waals surface area (Å²) < 4.78 is 0. The maximum absolute atomic E-state index is 6.66. The first-order valence-electron chi connectivity index (χ1n) is 8.97. The van der Waals surface area contributed by atoms with Gasteiger partial charge in [-0.25, -0.2) is 4.85 Å². The zero-order valence-corrected chi connectivity index (χ0v) is 20.5. The molecule has 4 rings (SSSR count). The van der Waals surface area contributed by atoms with E-state index in [2.05, 4.69) is 95.8 Å². The quantitative estimate of drug-likeness (QED) is 0.170. The van der Waals surface area contributed by atoms with Crippen LogP contribution in [0.1, 0.15) is 0 Å². The predicted octanol–water partition coefficient (Wildman–Crippen LogP) is 6.99. The van der Waals surface area contributed by atoms with Crippen LogP contribution in [-0.2, 0) is 21.1 Å². The van der Waals surface area contributed by atoms with Gasteiger partial charge in [0.25, 0.3) is 0 Å². The van der Waals surface area contributed by atoms with Gasteiger partial charge in [-0.15, -0.1) is 0 Å². The van der Waals surface area contributed by atoms with Crippen molar-refractivity contribution >= 4 is 52.7 Å². The molecule has 0 amide bonds. The van der Waals surface area contributed by atoms with Gasteiger partial charge in [0.2, 0.25) is 5.69 Å². The Kier molecular flexibility index (Phi) is 10.3. The summed E-state index contributed by atoms with van der Waals surface area (Å²) in [5, 5.41) is 4.95. The standard InChI is InChI=1S/C18H15P.C7H3Cl2N.Pt/c1-4-10-16(11-5-1)19(17-12-6-2-7-13-17)18-14-8-3-9-15-18;1-10-6-4-2-3-5(8)7(6)9;/h1-15H;2-4H;. The molecule has 0 bridgehead atoms. The summed E-state index contributed by atoms with van der Waals surface area (Å²) in [7, 11) is -0.446. The van der Waals surface area contributed by atoms with Crippen molar-refractivity contribution in [1.82, 2.24) is 0 Å². The molecule has 152 valence electrons. The maximum Gasteiger partial charge on any atom is 0.206 e. The van der Waals surface area contributed by atoms with Gasteiger partial charge in [-0.3, -0.25) is 0 Å². The summed E-state index contributed by atoms with van der Waals surface area (Å²) in [6.45, 7) is 6.66. The average molecular weight is 629 g/mol. The van der Waals surface area contributed by atoms with Gasteiger partial charge in [-0.05, 0) is 29.9 Å². The van der Waals surface area contributed by atoms with Crippen molar-refractivity contribution in [2.45, 2.75) is 0 Å². The third kappa shape index (κ3) is 6.53. The monoisotopic (exact) mass is 628 g/mol. The second-order valence-electron chi connectivity index (χ2n) is 6.03. The Labute approximate surface area is 203 Å². The number of halogens is 2. The SMILES string of the molecule is [C-]#[N+]c1cccc(Cl)c1Cl.[Pt].c1ccc(P(c2ccccc2)c2ccccc2)cc1. The molecular formula is C25H18Cl2NPPt. The van der Waals surface area contributed by atoms with Gasteiger partial charge in [0.15, 0.2) is 0 Å². The van der Waals surface area contributed by atoms with Crippen molar-refractivity contribution in [3.63, 3.8) is 0 Å². The van der Waals surface area contributed by atoms with Crippen LogP contribution in [0.3, 0.4) is 0 Å². The molecule has 0 atom stereocenters. The summed E-state index contributed by atoms with van der Waals surface area (Å²) in [6.07, 6.45) is 0.